The predicted molar refractivity (Wildman–Crippen MR) is 336 cm³/mol. The van der Waals surface area contributed by atoms with Crippen molar-refractivity contribution in [2.45, 2.75) is 77.0 Å². The van der Waals surface area contributed by atoms with E-state index in [1.807, 2.05) is 0 Å². The quantitative estimate of drug-likeness (QED) is 0.133. The van der Waals surface area contributed by atoms with Crippen LogP contribution < -0.4 is 42.4 Å². The van der Waals surface area contributed by atoms with E-state index in [0.717, 1.165) is 0 Å². The van der Waals surface area contributed by atoms with Crippen LogP contribution in [0.25, 0.3) is 0 Å². The zero-order chi connectivity index (χ0) is 49.0. The Bertz CT molecular complexity index is 2190. The third-order valence-corrected chi connectivity index (χ3v) is 38.6. The van der Waals surface area contributed by atoms with E-state index in [-0.39, 0.29) is 0 Å². The standard InChI is InChI=1S/C68H84P4/c1-2-30-54-70(63-41-17-7-18-42-63,64-43-19-8-20-44-64)58-35-36-60-72(67-49-25-11-26-50-67,68-51-27-12-28-52-68)56-32-4-3-31-55-71(65-45-21-9-22-46-65,66-47-23-10-24-48-66)59-34-33-57-69(53-29-1,61-37-13-5-14-38-61)62-39-15-6-16-40-62/h5-28,37-52,69-72H,1-4,29-36,53-60H2. The fourth-order valence-electron chi connectivity index (χ4n) is 13.7. The summed E-state index contributed by atoms with van der Waals surface area (Å²) in [6, 6.07) is 95.2. The molecule has 1 aliphatic rings. The van der Waals surface area contributed by atoms with Crippen LogP contribution >= 0.6 is 29.0 Å². The summed E-state index contributed by atoms with van der Waals surface area (Å²) in [7, 11) is -8.36. The molecule has 0 spiro atoms. The van der Waals surface area contributed by atoms with Crippen LogP contribution in [0.3, 0.4) is 0 Å². The summed E-state index contributed by atoms with van der Waals surface area (Å²) in [5, 5.41) is 13.1. The van der Waals surface area contributed by atoms with Crippen LogP contribution in [-0.2, 0) is 0 Å². The molecule has 0 aliphatic carbocycles. The Labute approximate surface area is 437 Å². The van der Waals surface area contributed by atoms with Crippen molar-refractivity contribution in [3.8, 4) is 0 Å². The van der Waals surface area contributed by atoms with Crippen LogP contribution in [0.4, 0.5) is 0 Å². The van der Waals surface area contributed by atoms with E-state index >= 15 is 0 Å². The fourth-order valence-corrected chi connectivity index (χ4v) is 34.1. The summed E-state index contributed by atoms with van der Waals surface area (Å²) in [5.74, 6) is 0. The van der Waals surface area contributed by atoms with Crippen LogP contribution in [0.2, 0.25) is 0 Å². The fraction of sp³-hybridized carbons (Fsp3) is 0.294. The molecule has 8 aromatic carbocycles. The van der Waals surface area contributed by atoms with Crippen LogP contribution in [-0.4, -0.2) is 49.3 Å². The number of hydrogen-bond acceptors (Lipinski definition) is 0. The summed E-state index contributed by atoms with van der Waals surface area (Å²) >= 11 is 0. The third-order valence-electron chi connectivity index (χ3n) is 17.4. The van der Waals surface area contributed by atoms with Gasteiger partial charge >= 0.3 is 440 Å². The Morgan fingerprint density at radius 1 is 0.139 bits per heavy atom. The average Bonchev–Trinajstić information content (AvgIpc) is 3.46. The molecule has 9 rings (SSSR count). The molecule has 0 nitrogen and oxygen atoms in total. The van der Waals surface area contributed by atoms with Crippen molar-refractivity contribution in [1.82, 2.24) is 0 Å². The molecule has 0 N–H and O–H groups in total. The van der Waals surface area contributed by atoms with Gasteiger partial charge in [-0.2, -0.15) is 0 Å². The van der Waals surface area contributed by atoms with Crippen molar-refractivity contribution < 1.29 is 0 Å². The Morgan fingerprint density at radius 2 is 0.250 bits per heavy atom. The van der Waals surface area contributed by atoms with Gasteiger partial charge in [-0.1, -0.05) is 0 Å². The Balaban J connectivity index is 1.07. The molecule has 1 saturated heterocycles. The van der Waals surface area contributed by atoms with Gasteiger partial charge in [0.05, 0.1) is 0 Å². The maximum absolute atomic E-state index is 2.51. The van der Waals surface area contributed by atoms with E-state index < -0.39 is 29.0 Å². The summed E-state index contributed by atoms with van der Waals surface area (Å²) in [6.07, 6.45) is 26.2. The molecule has 0 bridgehead atoms. The molecule has 376 valence electrons. The van der Waals surface area contributed by atoms with Crippen LogP contribution in [0.5, 0.6) is 0 Å². The van der Waals surface area contributed by atoms with Gasteiger partial charge in [0.2, 0.25) is 0 Å². The van der Waals surface area contributed by atoms with Crippen molar-refractivity contribution >= 4 is 71.5 Å². The average molecular weight is 1030 g/mol. The minimum absolute atomic E-state index is 1.29. The molecule has 8 aromatic rings. The SMILES string of the molecule is c1ccc([PH]2(c3ccccc3)CCCCCC[PH](c3ccccc3)(c3ccccc3)CCCC[PH](c3ccccc3)(c3ccccc3)CCCCCC[PH](c3ccccc3)(c3ccccc3)CCCC2)cc1. The van der Waals surface area contributed by atoms with Crippen molar-refractivity contribution in [3.05, 3.63) is 243 Å². The number of rotatable bonds is 8. The summed E-state index contributed by atoms with van der Waals surface area (Å²) in [4.78, 5) is 0. The van der Waals surface area contributed by atoms with Crippen molar-refractivity contribution in [2.24, 2.45) is 0 Å². The van der Waals surface area contributed by atoms with Crippen molar-refractivity contribution in [1.29, 1.82) is 0 Å². The van der Waals surface area contributed by atoms with Gasteiger partial charge in [-0.15, -0.1) is 0 Å². The van der Waals surface area contributed by atoms with Gasteiger partial charge in [-0.05, 0) is 0 Å². The molecule has 0 atom stereocenters. The zero-order valence-corrected chi connectivity index (χ0v) is 47.2. The third kappa shape index (κ3) is 12.5. The second kappa shape index (κ2) is 26.6. The van der Waals surface area contributed by atoms with Gasteiger partial charge in [0.1, 0.15) is 0 Å². The molecule has 0 radical (unpaired) electrons. The van der Waals surface area contributed by atoms with Crippen LogP contribution in [0.1, 0.15) is 77.0 Å². The monoisotopic (exact) mass is 1020 g/mol. The van der Waals surface area contributed by atoms with Crippen LogP contribution in [0.15, 0.2) is 243 Å². The Kier molecular flexibility index (Phi) is 19.4. The van der Waals surface area contributed by atoms with Gasteiger partial charge in [-0.25, -0.2) is 0 Å². The first-order valence-corrected chi connectivity index (χ1v) is 37.8. The molecular formula is C68H84P4. The minimum atomic E-state index is -2.09. The van der Waals surface area contributed by atoms with Gasteiger partial charge in [0, 0.05) is 0 Å². The van der Waals surface area contributed by atoms with E-state index in [9.17, 15) is 0 Å². The van der Waals surface area contributed by atoms with Gasteiger partial charge in [0.25, 0.3) is 0 Å². The summed E-state index contributed by atoms with van der Waals surface area (Å²) < 4.78 is 0. The zero-order valence-electron chi connectivity index (χ0n) is 43.2. The van der Waals surface area contributed by atoms with E-state index in [1.54, 1.807) is 42.4 Å². The second-order valence-electron chi connectivity index (χ2n) is 21.5. The van der Waals surface area contributed by atoms with E-state index in [4.69, 9.17) is 0 Å². The first kappa shape index (κ1) is 52.3. The summed E-state index contributed by atoms with van der Waals surface area (Å²) in [6.45, 7) is 0. The van der Waals surface area contributed by atoms with Crippen LogP contribution in [0, 0.1) is 0 Å². The second-order valence-corrected chi connectivity index (χ2v) is 38.8. The van der Waals surface area contributed by atoms with E-state index in [1.165, 1.54) is 126 Å². The van der Waals surface area contributed by atoms with Gasteiger partial charge < -0.3 is 0 Å². The van der Waals surface area contributed by atoms with Crippen molar-refractivity contribution in [3.63, 3.8) is 0 Å². The molecule has 0 saturated carbocycles. The molecular weight excluding hydrogens is 941 g/mol. The molecule has 1 aliphatic heterocycles. The first-order chi connectivity index (χ1) is 35.7. The summed E-state index contributed by atoms with van der Waals surface area (Å²) in [5.41, 5.74) is 0. The number of hydrogen-bond donors (Lipinski definition) is 0. The molecule has 0 amide bonds. The molecule has 4 heteroatoms. The van der Waals surface area contributed by atoms with E-state index in [0.29, 0.717) is 0 Å². The first-order valence-electron chi connectivity index (χ1n) is 28.1. The predicted octanol–water partition coefficient (Wildman–Crippen LogP) is 14.3. The Morgan fingerprint density at radius 3 is 0.375 bits per heavy atom. The molecule has 72 heavy (non-hydrogen) atoms. The van der Waals surface area contributed by atoms with E-state index in [2.05, 4.69) is 243 Å². The van der Waals surface area contributed by atoms with Crippen molar-refractivity contribution in [2.75, 3.05) is 49.3 Å². The number of benzene rings is 8. The Hall–Kier alpha value is -4.52. The molecule has 0 aromatic heterocycles. The van der Waals surface area contributed by atoms with Gasteiger partial charge in [0.15, 0.2) is 0 Å². The van der Waals surface area contributed by atoms with Gasteiger partial charge in [-0.3, -0.25) is 0 Å². The maximum atomic E-state index is 2.51. The molecule has 1 fully saturated rings. The topological polar surface area (TPSA) is 0 Å². The molecule has 1 heterocycles. The molecule has 0 unspecified atom stereocenters. The normalized spacial score (nSPS) is 20.2.